The summed E-state index contributed by atoms with van der Waals surface area (Å²) in [7, 11) is 0. The fraction of sp³-hybridized carbons (Fsp3) is 0.500. The molecule has 1 aromatic carbocycles. The van der Waals surface area contributed by atoms with Gasteiger partial charge in [0.15, 0.2) is 0 Å². The molecule has 0 spiro atoms. The largest absolute Gasteiger partial charge is 0.391 e. The predicted molar refractivity (Wildman–Crippen MR) is 93.1 cm³/mol. The van der Waals surface area contributed by atoms with Gasteiger partial charge in [0.25, 0.3) is 0 Å². The second-order valence-electron chi connectivity index (χ2n) is 7.62. The molecule has 2 aliphatic rings. The van der Waals surface area contributed by atoms with Crippen LogP contribution in [0.3, 0.4) is 0 Å². The molecule has 5 heteroatoms. The fourth-order valence-corrected chi connectivity index (χ4v) is 3.92. The van der Waals surface area contributed by atoms with E-state index in [4.69, 9.17) is 4.52 Å². The van der Waals surface area contributed by atoms with Crippen molar-refractivity contribution in [2.45, 2.75) is 44.6 Å². The third-order valence-electron chi connectivity index (χ3n) is 5.60. The van der Waals surface area contributed by atoms with E-state index in [9.17, 15) is 9.90 Å². The van der Waals surface area contributed by atoms with Gasteiger partial charge in [-0.05, 0) is 32.3 Å². The molecule has 1 amide bonds. The molecule has 1 aliphatic heterocycles. The maximum absolute atomic E-state index is 13.1. The van der Waals surface area contributed by atoms with Gasteiger partial charge in [0.1, 0.15) is 5.76 Å². The van der Waals surface area contributed by atoms with E-state index in [-0.39, 0.29) is 17.2 Å². The number of hydrogen-bond donors (Lipinski definition) is 1. The Balaban J connectivity index is 1.47. The van der Waals surface area contributed by atoms with Gasteiger partial charge in [-0.25, -0.2) is 0 Å². The average molecular weight is 340 g/mol. The first-order valence-corrected chi connectivity index (χ1v) is 8.95. The highest BCUT2D eigenvalue weighted by atomic mass is 16.5. The predicted octanol–water partition coefficient (Wildman–Crippen LogP) is 2.39. The highest BCUT2D eigenvalue weighted by Crippen LogP contribution is 2.50. The number of rotatable bonds is 4. The molecule has 1 aromatic heterocycles. The highest BCUT2D eigenvalue weighted by Gasteiger charge is 2.54. The number of amides is 1. The first-order valence-electron chi connectivity index (χ1n) is 8.95. The number of hydrogen-bond acceptors (Lipinski definition) is 4. The summed E-state index contributed by atoms with van der Waals surface area (Å²) in [5, 5.41) is 14.3. The molecule has 2 fully saturated rings. The number of carbonyl (C=O) groups is 1. The molecular formula is C20H24N2O3. The van der Waals surface area contributed by atoms with Gasteiger partial charge in [0.2, 0.25) is 5.91 Å². The molecule has 4 rings (SSSR count). The molecule has 2 heterocycles. The molecule has 1 aliphatic carbocycles. The quantitative estimate of drug-likeness (QED) is 0.928. The Bertz CT molecular complexity index is 776. The van der Waals surface area contributed by atoms with Gasteiger partial charge in [0, 0.05) is 31.5 Å². The van der Waals surface area contributed by atoms with Gasteiger partial charge in [-0.1, -0.05) is 35.0 Å². The molecule has 25 heavy (non-hydrogen) atoms. The third-order valence-corrected chi connectivity index (χ3v) is 5.60. The molecule has 5 nitrogen and oxygen atoms in total. The van der Waals surface area contributed by atoms with E-state index in [1.165, 1.54) is 5.56 Å². The Labute approximate surface area is 147 Å². The Morgan fingerprint density at radius 3 is 2.60 bits per heavy atom. The second kappa shape index (κ2) is 5.99. The minimum atomic E-state index is -0.511. The number of aliphatic hydroxyl groups excluding tert-OH is 1. The van der Waals surface area contributed by atoms with Crippen LogP contribution in [0.2, 0.25) is 0 Å². The number of benzene rings is 1. The van der Waals surface area contributed by atoms with Crippen LogP contribution in [0.5, 0.6) is 0 Å². The van der Waals surface area contributed by atoms with E-state index in [1.54, 1.807) is 0 Å². The molecule has 2 aromatic rings. The molecule has 2 atom stereocenters. The van der Waals surface area contributed by atoms with E-state index in [0.717, 1.165) is 29.9 Å². The number of carbonyl (C=O) groups excluding carboxylic acids is 1. The summed E-state index contributed by atoms with van der Waals surface area (Å²) in [6.07, 6.45) is 1.90. The van der Waals surface area contributed by atoms with Gasteiger partial charge in [-0.15, -0.1) is 0 Å². The number of aryl methyl sites for hydroxylation is 2. The van der Waals surface area contributed by atoms with Crippen molar-refractivity contribution in [1.29, 1.82) is 0 Å². The topological polar surface area (TPSA) is 66.6 Å². The van der Waals surface area contributed by atoms with E-state index in [2.05, 4.69) is 36.3 Å². The first-order chi connectivity index (χ1) is 12.0. The van der Waals surface area contributed by atoms with Crippen molar-refractivity contribution in [2.24, 2.45) is 5.92 Å². The third kappa shape index (κ3) is 2.97. The van der Waals surface area contributed by atoms with Crippen LogP contribution in [0.25, 0.3) is 0 Å². The summed E-state index contributed by atoms with van der Waals surface area (Å²) in [6.45, 7) is 4.92. The van der Waals surface area contributed by atoms with Gasteiger partial charge in [-0.2, -0.15) is 0 Å². The minimum Gasteiger partial charge on any atom is -0.391 e. The van der Waals surface area contributed by atoms with Crippen LogP contribution in [-0.2, 0) is 16.6 Å². The van der Waals surface area contributed by atoms with Crippen molar-refractivity contribution >= 4 is 5.91 Å². The zero-order valence-corrected chi connectivity index (χ0v) is 14.7. The van der Waals surface area contributed by atoms with Crippen molar-refractivity contribution < 1.29 is 14.4 Å². The minimum absolute atomic E-state index is 0.00474. The summed E-state index contributed by atoms with van der Waals surface area (Å²) in [5.74, 6) is 0.937. The lowest BCUT2D eigenvalue weighted by atomic mass is 9.93. The fourth-order valence-electron chi connectivity index (χ4n) is 3.92. The summed E-state index contributed by atoms with van der Waals surface area (Å²) < 4.78 is 5.27. The smallest absolute Gasteiger partial charge is 0.233 e. The normalized spacial score (nSPS) is 24.5. The monoisotopic (exact) mass is 340 g/mol. The standard InChI is InChI=1S/C20H24N2O3/c1-13-3-5-16(6-4-13)20(7-8-20)19(24)22-11-15(18(23)12-22)10-17-9-14(2)21-25-17/h3-6,9,15,18,23H,7-8,10-12H2,1-2H3/t15-,18+/m1/s1. The molecule has 0 radical (unpaired) electrons. The van der Waals surface area contributed by atoms with Gasteiger partial charge >= 0.3 is 0 Å². The number of aromatic nitrogens is 1. The highest BCUT2D eigenvalue weighted by molar-refractivity contribution is 5.91. The van der Waals surface area contributed by atoms with E-state index in [0.29, 0.717) is 19.5 Å². The zero-order valence-electron chi connectivity index (χ0n) is 14.7. The van der Waals surface area contributed by atoms with Crippen LogP contribution < -0.4 is 0 Å². The zero-order chi connectivity index (χ0) is 17.6. The van der Waals surface area contributed by atoms with Crippen molar-refractivity contribution in [1.82, 2.24) is 10.1 Å². The van der Waals surface area contributed by atoms with Crippen molar-refractivity contribution in [3.63, 3.8) is 0 Å². The number of nitrogens with zero attached hydrogens (tertiary/aromatic N) is 2. The SMILES string of the molecule is Cc1ccc(C2(C(=O)N3C[C@@H](Cc4cc(C)no4)[C@@H](O)C3)CC2)cc1. The summed E-state index contributed by atoms with van der Waals surface area (Å²) in [4.78, 5) is 15.0. The number of likely N-dealkylation sites (tertiary alicyclic amines) is 1. The van der Waals surface area contributed by atoms with Crippen molar-refractivity contribution in [3.8, 4) is 0 Å². The molecule has 0 unspecified atom stereocenters. The maximum Gasteiger partial charge on any atom is 0.233 e. The van der Waals surface area contributed by atoms with Crippen LogP contribution in [-0.4, -0.2) is 40.3 Å². The second-order valence-corrected chi connectivity index (χ2v) is 7.62. The lowest BCUT2D eigenvalue weighted by molar-refractivity contribution is -0.133. The van der Waals surface area contributed by atoms with Crippen molar-refractivity contribution in [2.75, 3.05) is 13.1 Å². The van der Waals surface area contributed by atoms with Gasteiger partial charge in [-0.3, -0.25) is 4.79 Å². The first kappa shape index (κ1) is 16.3. The Kier molecular flexibility index (Phi) is 3.91. The molecule has 1 N–H and O–H groups in total. The lowest BCUT2D eigenvalue weighted by Gasteiger charge is -2.23. The molecule has 0 bridgehead atoms. The number of β-amino-alcohol motifs (C(OH)–C–C–N with tert-alkyl or cyclic N) is 1. The molecule has 1 saturated carbocycles. The lowest BCUT2D eigenvalue weighted by Crippen LogP contribution is -2.38. The summed E-state index contributed by atoms with van der Waals surface area (Å²) in [6, 6.07) is 10.2. The van der Waals surface area contributed by atoms with Crippen LogP contribution in [0, 0.1) is 19.8 Å². The van der Waals surface area contributed by atoms with E-state index < -0.39 is 6.10 Å². The van der Waals surface area contributed by atoms with Crippen LogP contribution in [0.4, 0.5) is 0 Å². The van der Waals surface area contributed by atoms with Crippen LogP contribution >= 0.6 is 0 Å². The van der Waals surface area contributed by atoms with Crippen molar-refractivity contribution in [3.05, 3.63) is 52.9 Å². The van der Waals surface area contributed by atoms with E-state index >= 15 is 0 Å². The molecular weight excluding hydrogens is 316 g/mol. The van der Waals surface area contributed by atoms with Gasteiger partial charge < -0.3 is 14.5 Å². The molecule has 1 saturated heterocycles. The number of aliphatic hydroxyl groups is 1. The van der Waals surface area contributed by atoms with Gasteiger partial charge in [0.05, 0.1) is 17.2 Å². The summed E-state index contributed by atoms with van der Waals surface area (Å²) in [5.41, 5.74) is 2.77. The Morgan fingerprint density at radius 2 is 2.00 bits per heavy atom. The van der Waals surface area contributed by atoms with Crippen LogP contribution in [0.1, 0.15) is 35.4 Å². The maximum atomic E-state index is 13.1. The van der Waals surface area contributed by atoms with Crippen LogP contribution in [0.15, 0.2) is 34.9 Å². The Morgan fingerprint density at radius 1 is 1.28 bits per heavy atom. The molecule has 132 valence electrons. The average Bonchev–Trinajstić information content (AvgIpc) is 3.18. The Hall–Kier alpha value is -2.14. The summed E-state index contributed by atoms with van der Waals surface area (Å²) >= 11 is 0. The van der Waals surface area contributed by atoms with E-state index in [1.807, 2.05) is 17.9 Å².